The van der Waals surface area contributed by atoms with Crippen LogP contribution in [0.15, 0.2) is 12.4 Å². The van der Waals surface area contributed by atoms with Gasteiger partial charge in [-0.2, -0.15) is 5.10 Å². The molecule has 0 radical (unpaired) electrons. The highest BCUT2D eigenvalue weighted by molar-refractivity contribution is 5.85. The number of carboxylic acid groups (broad SMARTS) is 1. The molecule has 0 aromatic carbocycles. The normalized spacial score (nSPS) is 21.7. The summed E-state index contributed by atoms with van der Waals surface area (Å²) in [5.74, 6) is -1.65. The highest BCUT2D eigenvalue weighted by atomic mass is 16.4. The first-order valence-electron chi connectivity index (χ1n) is 7.89. The van der Waals surface area contributed by atoms with Crippen LogP contribution >= 0.6 is 0 Å². The molecule has 1 aromatic rings. The topological polar surface area (TPSA) is 105 Å². The summed E-state index contributed by atoms with van der Waals surface area (Å²) in [6.07, 6.45) is 4.18. The zero-order valence-corrected chi connectivity index (χ0v) is 14.4. The standard InChI is InChI=1S/C16H24N4O4/c1-16(2,15(23)24)9-17-14(22)11-5-6-12(21)20(4)13(11)10-7-18-19(3)8-10/h7-8,11,13H,5-6,9H2,1-4H3,(H,17,22)(H,23,24)/t11-,13-/m0/s1. The van der Waals surface area contributed by atoms with Crippen molar-refractivity contribution in [3.8, 4) is 0 Å². The summed E-state index contributed by atoms with van der Waals surface area (Å²) in [5.41, 5.74) is -0.249. The van der Waals surface area contributed by atoms with E-state index in [1.807, 2.05) is 0 Å². The average Bonchev–Trinajstić information content (AvgIpc) is 2.93. The van der Waals surface area contributed by atoms with Gasteiger partial charge in [-0.3, -0.25) is 19.1 Å². The molecule has 1 aliphatic heterocycles. The van der Waals surface area contributed by atoms with Crippen molar-refractivity contribution in [1.29, 1.82) is 0 Å². The fourth-order valence-electron chi connectivity index (χ4n) is 2.88. The third kappa shape index (κ3) is 3.58. The molecule has 8 nitrogen and oxygen atoms in total. The van der Waals surface area contributed by atoms with Crippen LogP contribution in [0.2, 0.25) is 0 Å². The first-order chi connectivity index (χ1) is 11.1. The number of nitrogens with one attached hydrogen (secondary N) is 1. The van der Waals surface area contributed by atoms with Gasteiger partial charge in [-0.25, -0.2) is 0 Å². The summed E-state index contributed by atoms with van der Waals surface area (Å²) in [5, 5.41) is 16.0. The van der Waals surface area contributed by atoms with Gasteiger partial charge in [0.15, 0.2) is 0 Å². The van der Waals surface area contributed by atoms with Crippen molar-refractivity contribution >= 4 is 17.8 Å². The molecule has 1 aromatic heterocycles. The average molecular weight is 336 g/mol. The molecule has 1 fully saturated rings. The highest BCUT2D eigenvalue weighted by Gasteiger charge is 2.40. The number of carboxylic acids is 1. The Bertz CT molecular complexity index is 652. The van der Waals surface area contributed by atoms with Crippen molar-refractivity contribution < 1.29 is 19.5 Å². The Kier molecular flexibility index (Phi) is 4.96. The quantitative estimate of drug-likeness (QED) is 0.817. The van der Waals surface area contributed by atoms with Crippen LogP contribution in [0.1, 0.15) is 38.3 Å². The Balaban J connectivity index is 2.18. The van der Waals surface area contributed by atoms with Crippen molar-refractivity contribution in [2.45, 2.75) is 32.7 Å². The van der Waals surface area contributed by atoms with Crippen LogP contribution in [0.25, 0.3) is 0 Å². The van der Waals surface area contributed by atoms with Gasteiger partial charge in [0.25, 0.3) is 0 Å². The number of carbonyl (C=O) groups excluding carboxylic acids is 2. The Morgan fingerprint density at radius 1 is 1.42 bits per heavy atom. The van der Waals surface area contributed by atoms with Crippen LogP contribution < -0.4 is 5.32 Å². The fourth-order valence-corrected chi connectivity index (χ4v) is 2.88. The molecular weight excluding hydrogens is 312 g/mol. The molecule has 0 unspecified atom stereocenters. The molecular formula is C16H24N4O4. The van der Waals surface area contributed by atoms with Gasteiger partial charge in [0.1, 0.15) is 0 Å². The summed E-state index contributed by atoms with van der Waals surface area (Å²) >= 11 is 0. The summed E-state index contributed by atoms with van der Waals surface area (Å²) in [6.45, 7) is 3.16. The minimum atomic E-state index is -1.05. The molecule has 0 bridgehead atoms. The van der Waals surface area contributed by atoms with Gasteiger partial charge in [0.05, 0.1) is 23.6 Å². The summed E-state index contributed by atoms with van der Waals surface area (Å²) < 4.78 is 1.63. The van der Waals surface area contributed by atoms with E-state index in [1.165, 1.54) is 0 Å². The van der Waals surface area contributed by atoms with E-state index in [0.29, 0.717) is 12.8 Å². The van der Waals surface area contributed by atoms with Gasteiger partial charge in [0, 0.05) is 38.8 Å². The maximum absolute atomic E-state index is 12.6. The van der Waals surface area contributed by atoms with Crippen LogP contribution in [0, 0.1) is 11.3 Å². The Morgan fingerprint density at radius 3 is 2.62 bits per heavy atom. The lowest BCUT2D eigenvalue weighted by atomic mass is 9.84. The molecule has 0 spiro atoms. The number of nitrogens with zero attached hydrogens (tertiary/aromatic N) is 3. The van der Waals surface area contributed by atoms with Gasteiger partial charge < -0.3 is 15.3 Å². The molecule has 2 heterocycles. The van der Waals surface area contributed by atoms with Crippen molar-refractivity contribution in [1.82, 2.24) is 20.0 Å². The zero-order chi connectivity index (χ0) is 18.1. The number of hydrogen-bond donors (Lipinski definition) is 2. The maximum Gasteiger partial charge on any atom is 0.310 e. The van der Waals surface area contributed by atoms with E-state index < -0.39 is 23.3 Å². The van der Waals surface area contributed by atoms with Crippen molar-refractivity contribution in [3.05, 3.63) is 18.0 Å². The van der Waals surface area contributed by atoms with Crippen LogP contribution in [-0.4, -0.2) is 51.2 Å². The molecule has 1 saturated heterocycles. The molecule has 1 aliphatic rings. The lowest BCUT2D eigenvalue weighted by Gasteiger charge is -2.38. The van der Waals surface area contributed by atoms with Gasteiger partial charge in [0.2, 0.25) is 11.8 Å². The van der Waals surface area contributed by atoms with E-state index in [2.05, 4.69) is 10.4 Å². The molecule has 0 aliphatic carbocycles. The molecule has 24 heavy (non-hydrogen) atoms. The number of carbonyl (C=O) groups is 3. The van der Waals surface area contributed by atoms with Crippen LogP contribution in [0.3, 0.4) is 0 Å². The maximum atomic E-state index is 12.6. The largest absolute Gasteiger partial charge is 0.481 e. The van der Waals surface area contributed by atoms with Crippen LogP contribution in [0.4, 0.5) is 0 Å². The van der Waals surface area contributed by atoms with E-state index in [9.17, 15) is 14.4 Å². The predicted molar refractivity (Wildman–Crippen MR) is 85.9 cm³/mol. The molecule has 2 amide bonds. The lowest BCUT2D eigenvalue weighted by Crippen LogP contribution is -2.48. The third-order valence-corrected chi connectivity index (χ3v) is 4.55. The number of hydrogen-bond acceptors (Lipinski definition) is 4. The van der Waals surface area contributed by atoms with Gasteiger partial charge in [-0.05, 0) is 20.3 Å². The number of amides is 2. The SMILES string of the molecule is CN1C(=O)CC[C@H](C(=O)NCC(C)(C)C(=O)O)[C@@H]1c1cnn(C)c1. The van der Waals surface area contributed by atoms with Crippen LogP contribution in [0.5, 0.6) is 0 Å². The molecule has 8 heteroatoms. The molecule has 2 N–H and O–H groups in total. The number of piperidine rings is 1. The smallest absolute Gasteiger partial charge is 0.310 e. The molecule has 2 rings (SSSR count). The number of aliphatic carboxylic acids is 1. The lowest BCUT2D eigenvalue weighted by molar-refractivity contribution is -0.147. The van der Waals surface area contributed by atoms with Crippen molar-refractivity contribution in [2.75, 3.05) is 13.6 Å². The van der Waals surface area contributed by atoms with Crippen molar-refractivity contribution in [2.24, 2.45) is 18.4 Å². The Hall–Kier alpha value is -2.38. The number of rotatable bonds is 5. The molecule has 0 saturated carbocycles. The van der Waals surface area contributed by atoms with E-state index in [0.717, 1.165) is 5.56 Å². The third-order valence-electron chi connectivity index (χ3n) is 4.55. The zero-order valence-electron chi connectivity index (χ0n) is 14.4. The summed E-state index contributed by atoms with van der Waals surface area (Å²) in [4.78, 5) is 37.4. The monoisotopic (exact) mass is 336 g/mol. The van der Waals surface area contributed by atoms with E-state index in [-0.39, 0.29) is 18.4 Å². The first kappa shape index (κ1) is 18.0. The fraction of sp³-hybridized carbons (Fsp3) is 0.625. The van der Waals surface area contributed by atoms with Gasteiger partial charge >= 0.3 is 5.97 Å². The predicted octanol–water partition coefficient (Wildman–Crippen LogP) is 0.557. The van der Waals surface area contributed by atoms with Crippen LogP contribution in [-0.2, 0) is 21.4 Å². The van der Waals surface area contributed by atoms with Gasteiger partial charge in [-0.15, -0.1) is 0 Å². The first-order valence-corrected chi connectivity index (χ1v) is 7.89. The number of aryl methyl sites for hydroxylation is 1. The van der Waals surface area contributed by atoms with E-state index >= 15 is 0 Å². The van der Waals surface area contributed by atoms with Gasteiger partial charge in [-0.1, -0.05) is 0 Å². The highest BCUT2D eigenvalue weighted by Crippen LogP contribution is 2.35. The minimum Gasteiger partial charge on any atom is -0.481 e. The molecule has 2 atom stereocenters. The minimum absolute atomic E-state index is 0.0150. The summed E-state index contributed by atoms with van der Waals surface area (Å²) in [6, 6.07) is -0.395. The van der Waals surface area contributed by atoms with E-state index in [1.54, 1.807) is 49.9 Å². The van der Waals surface area contributed by atoms with Crippen molar-refractivity contribution in [3.63, 3.8) is 0 Å². The van der Waals surface area contributed by atoms with E-state index in [4.69, 9.17) is 5.11 Å². The molecule has 132 valence electrons. The number of likely N-dealkylation sites (tertiary alicyclic amines) is 1. The summed E-state index contributed by atoms with van der Waals surface area (Å²) in [7, 11) is 3.46. The Morgan fingerprint density at radius 2 is 2.08 bits per heavy atom. The second-order valence-electron chi connectivity index (χ2n) is 6.95. The Labute approximate surface area is 140 Å². The number of aromatic nitrogens is 2. The second-order valence-corrected chi connectivity index (χ2v) is 6.95. The second kappa shape index (κ2) is 6.62.